The topological polar surface area (TPSA) is 95.7 Å². The van der Waals surface area contributed by atoms with Crippen LogP contribution in [0.2, 0.25) is 10.0 Å². The smallest absolute Gasteiger partial charge is 0.335 e. The normalized spacial score (nSPS) is 21.0. The van der Waals surface area contributed by atoms with Gasteiger partial charge in [0.05, 0.1) is 22.2 Å². The molecule has 1 heterocycles. The van der Waals surface area contributed by atoms with Crippen molar-refractivity contribution >= 4 is 40.9 Å². The summed E-state index contributed by atoms with van der Waals surface area (Å²) >= 11 is 12.2. The molecular formula is C30H31Cl2F2N3O3. The fraction of sp³-hybridized carbons (Fsp3) is 0.333. The minimum Gasteiger partial charge on any atom is -0.478 e. The summed E-state index contributed by atoms with van der Waals surface area (Å²) in [6, 6.07) is 11.2. The lowest BCUT2D eigenvalue weighted by molar-refractivity contribution is 0.0696. The lowest BCUT2D eigenvalue weighted by Gasteiger charge is -2.40. The molecule has 0 bridgehead atoms. The summed E-state index contributed by atoms with van der Waals surface area (Å²) in [5, 5.41) is 12.2. The van der Waals surface area contributed by atoms with Crippen LogP contribution >= 0.6 is 23.2 Å². The Balaban J connectivity index is 1.88. The van der Waals surface area contributed by atoms with E-state index in [0.717, 1.165) is 6.07 Å². The second kappa shape index (κ2) is 11.0. The van der Waals surface area contributed by atoms with Crippen LogP contribution < -0.4 is 11.1 Å². The van der Waals surface area contributed by atoms with Crippen molar-refractivity contribution in [1.29, 1.82) is 0 Å². The molecule has 212 valence electrons. The van der Waals surface area contributed by atoms with E-state index in [1.54, 1.807) is 13.0 Å². The average molecular weight is 590 g/mol. The van der Waals surface area contributed by atoms with Crippen molar-refractivity contribution in [3.8, 4) is 0 Å². The molecule has 4 N–H and O–H groups in total. The first-order valence-electron chi connectivity index (χ1n) is 12.7. The molecule has 10 heteroatoms. The monoisotopic (exact) mass is 589 g/mol. The number of carboxylic acids is 1. The number of likely N-dealkylation sites (tertiary alicyclic amines) is 1. The molecular weight excluding hydrogens is 559 g/mol. The second-order valence-corrected chi connectivity index (χ2v) is 12.3. The molecule has 3 aromatic carbocycles. The highest BCUT2D eigenvalue weighted by molar-refractivity contribution is 6.31. The Morgan fingerprint density at radius 1 is 1.12 bits per heavy atom. The van der Waals surface area contributed by atoms with Gasteiger partial charge in [-0.3, -0.25) is 0 Å². The van der Waals surface area contributed by atoms with Crippen LogP contribution in [0, 0.1) is 29.9 Å². The fourth-order valence-electron chi connectivity index (χ4n) is 5.69. The Kier molecular flexibility index (Phi) is 8.18. The molecule has 0 unspecified atom stereocenters. The number of halogens is 4. The van der Waals surface area contributed by atoms with Gasteiger partial charge < -0.3 is 21.1 Å². The van der Waals surface area contributed by atoms with Crippen molar-refractivity contribution in [1.82, 2.24) is 4.90 Å². The zero-order valence-corrected chi connectivity index (χ0v) is 24.1. The Bertz CT molecular complexity index is 1480. The van der Waals surface area contributed by atoms with Crippen molar-refractivity contribution in [2.24, 2.45) is 17.1 Å². The minimum atomic E-state index is -1.56. The van der Waals surface area contributed by atoms with Gasteiger partial charge in [0.2, 0.25) is 0 Å². The number of rotatable bonds is 5. The van der Waals surface area contributed by atoms with E-state index in [2.05, 4.69) is 5.32 Å². The van der Waals surface area contributed by atoms with Crippen molar-refractivity contribution in [3.63, 3.8) is 0 Å². The van der Waals surface area contributed by atoms with Gasteiger partial charge in [0, 0.05) is 34.3 Å². The Morgan fingerprint density at radius 2 is 1.82 bits per heavy atom. The molecule has 1 fully saturated rings. The van der Waals surface area contributed by atoms with Crippen LogP contribution in [0.4, 0.5) is 19.3 Å². The SMILES string of the molecule is Cc1cc(NC(=O)N2C[C@@H](CC(C)(C)C)[C@](N)(c3ccc(Cl)cc3F)[C@H]2c2cccc(Cl)c2F)ccc1C(=O)O. The van der Waals surface area contributed by atoms with Crippen LogP contribution in [0.25, 0.3) is 0 Å². The molecule has 40 heavy (non-hydrogen) atoms. The van der Waals surface area contributed by atoms with Gasteiger partial charge in [-0.1, -0.05) is 62.2 Å². The standard InChI is InChI=1S/C30H31Cl2F2N3O3/c1-16-12-19(9-10-20(16)27(38)39)36-28(40)37-15-17(14-29(2,3)4)30(35,22-11-8-18(31)13-24(22)33)26(37)21-6-5-7-23(32)25(21)34/h5-13,17,26H,14-15,35H2,1-4H3,(H,36,40)(H,38,39)/t17-,26-,30+/m1/s1. The molecule has 6 nitrogen and oxygen atoms in total. The third-order valence-corrected chi connectivity index (χ3v) is 7.89. The first kappa shape index (κ1) is 29.8. The number of benzene rings is 3. The molecule has 0 saturated carbocycles. The van der Waals surface area contributed by atoms with Crippen molar-refractivity contribution in [2.75, 3.05) is 11.9 Å². The maximum Gasteiger partial charge on any atom is 0.335 e. The number of urea groups is 1. The maximum atomic E-state index is 15.7. The van der Waals surface area contributed by atoms with Crippen LogP contribution in [-0.2, 0) is 5.54 Å². The number of nitrogens with one attached hydrogen (secondary N) is 1. The lowest BCUT2D eigenvalue weighted by Crippen LogP contribution is -2.49. The minimum absolute atomic E-state index is 0.0494. The third kappa shape index (κ3) is 5.66. The van der Waals surface area contributed by atoms with Crippen molar-refractivity contribution < 1.29 is 23.5 Å². The summed E-state index contributed by atoms with van der Waals surface area (Å²) in [5.74, 6) is -3.00. The highest BCUT2D eigenvalue weighted by Gasteiger charge is 2.57. The molecule has 2 amide bonds. The number of carbonyl (C=O) groups is 2. The Hall–Kier alpha value is -3.20. The van der Waals surface area contributed by atoms with Crippen LogP contribution in [0.5, 0.6) is 0 Å². The number of nitrogens with zero attached hydrogens (tertiary/aromatic N) is 1. The van der Waals surface area contributed by atoms with E-state index >= 15 is 8.78 Å². The van der Waals surface area contributed by atoms with E-state index in [1.807, 2.05) is 20.8 Å². The zero-order valence-electron chi connectivity index (χ0n) is 22.6. The van der Waals surface area contributed by atoms with E-state index < -0.39 is 41.1 Å². The molecule has 1 aliphatic heterocycles. The fourth-order valence-corrected chi connectivity index (χ4v) is 6.03. The van der Waals surface area contributed by atoms with Gasteiger partial charge in [-0.25, -0.2) is 18.4 Å². The van der Waals surface area contributed by atoms with Gasteiger partial charge >= 0.3 is 12.0 Å². The van der Waals surface area contributed by atoms with Gasteiger partial charge in [-0.15, -0.1) is 0 Å². The number of carbonyl (C=O) groups excluding carboxylic acids is 1. The number of anilines is 1. The molecule has 3 aromatic rings. The van der Waals surface area contributed by atoms with Crippen LogP contribution in [0.15, 0.2) is 54.6 Å². The first-order chi connectivity index (χ1) is 18.6. The van der Waals surface area contributed by atoms with Crippen molar-refractivity contribution in [3.05, 3.63) is 98.5 Å². The van der Waals surface area contributed by atoms with Gasteiger partial charge in [0.15, 0.2) is 0 Å². The summed E-state index contributed by atoms with van der Waals surface area (Å²) < 4.78 is 31.3. The molecule has 0 aliphatic carbocycles. The first-order valence-corrected chi connectivity index (χ1v) is 13.5. The molecule has 1 saturated heterocycles. The van der Waals surface area contributed by atoms with Gasteiger partial charge in [-0.05, 0) is 60.7 Å². The molecule has 0 spiro atoms. The number of hydrogen-bond acceptors (Lipinski definition) is 3. The molecule has 4 rings (SSSR count). The van der Waals surface area contributed by atoms with E-state index in [4.69, 9.17) is 28.9 Å². The largest absolute Gasteiger partial charge is 0.478 e. The third-order valence-electron chi connectivity index (χ3n) is 7.36. The van der Waals surface area contributed by atoms with Crippen LogP contribution in [0.1, 0.15) is 60.3 Å². The van der Waals surface area contributed by atoms with E-state index in [-0.39, 0.29) is 38.7 Å². The number of aryl methyl sites for hydroxylation is 1. The average Bonchev–Trinajstić information content (AvgIpc) is 3.12. The molecule has 0 radical (unpaired) electrons. The quantitative estimate of drug-likeness (QED) is 0.283. The second-order valence-electron chi connectivity index (χ2n) is 11.5. The van der Waals surface area contributed by atoms with Crippen molar-refractivity contribution in [2.45, 2.75) is 45.7 Å². The number of hydrogen-bond donors (Lipinski definition) is 3. The highest BCUT2D eigenvalue weighted by Crippen LogP contribution is 2.53. The van der Waals surface area contributed by atoms with Crippen LogP contribution in [-0.4, -0.2) is 28.6 Å². The predicted octanol–water partition coefficient (Wildman–Crippen LogP) is 7.77. The Morgan fingerprint density at radius 3 is 2.42 bits per heavy atom. The Labute approximate surface area is 242 Å². The van der Waals surface area contributed by atoms with Crippen LogP contribution in [0.3, 0.4) is 0 Å². The summed E-state index contributed by atoms with van der Waals surface area (Å²) in [4.78, 5) is 26.7. The predicted molar refractivity (Wildman–Crippen MR) is 153 cm³/mol. The number of amides is 2. The van der Waals surface area contributed by atoms with Gasteiger partial charge in [0.1, 0.15) is 11.6 Å². The summed E-state index contributed by atoms with van der Waals surface area (Å²) in [6.07, 6.45) is 0.487. The summed E-state index contributed by atoms with van der Waals surface area (Å²) in [6.45, 7) is 7.74. The van der Waals surface area contributed by atoms with E-state index in [0.29, 0.717) is 17.7 Å². The van der Waals surface area contributed by atoms with E-state index in [9.17, 15) is 14.7 Å². The number of nitrogens with two attached hydrogens (primary N) is 1. The van der Waals surface area contributed by atoms with Gasteiger partial charge in [0.25, 0.3) is 0 Å². The number of aromatic carboxylic acids is 1. The highest BCUT2D eigenvalue weighted by atomic mass is 35.5. The van der Waals surface area contributed by atoms with Gasteiger partial charge in [-0.2, -0.15) is 0 Å². The van der Waals surface area contributed by atoms with E-state index in [1.165, 1.54) is 47.4 Å². The lowest BCUT2D eigenvalue weighted by atomic mass is 9.69. The number of carboxylic acid groups (broad SMARTS) is 1. The molecule has 3 atom stereocenters. The summed E-state index contributed by atoms with van der Waals surface area (Å²) in [7, 11) is 0. The molecule has 1 aliphatic rings. The maximum absolute atomic E-state index is 15.7. The zero-order chi connectivity index (χ0) is 29.6. The summed E-state index contributed by atoms with van der Waals surface area (Å²) in [5.41, 5.74) is 6.41. The molecule has 0 aromatic heterocycles.